The van der Waals surface area contributed by atoms with Crippen LogP contribution in [-0.4, -0.2) is 47.2 Å². The fourth-order valence-corrected chi connectivity index (χ4v) is 4.64. The number of hydrogen-bond acceptors (Lipinski definition) is 7. The molecule has 0 atom stereocenters. The van der Waals surface area contributed by atoms with Gasteiger partial charge in [0.1, 0.15) is 15.3 Å². The van der Waals surface area contributed by atoms with Gasteiger partial charge in [-0.05, 0) is 38.8 Å². The lowest BCUT2D eigenvalue weighted by molar-refractivity contribution is -0.116. The molecule has 0 unspecified atom stereocenters. The number of nitrogens with zero attached hydrogens (tertiary/aromatic N) is 3. The normalized spacial score (nSPS) is 15.5. The van der Waals surface area contributed by atoms with Crippen LogP contribution in [0.3, 0.4) is 0 Å². The van der Waals surface area contributed by atoms with Gasteiger partial charge in [0.25, 0.3) is 11.5 Å². The van der Waals surface area contributed by atoms with Gasteiger partial charge in [0, 0.05) is 37.6 Å². The summed E-state index contributed by atoms with van der Waals surface area (Å²) in [6.45, 7) is 5.13. The number of amides is 2. The lowest BCUT2D eigenvalue weighted by Gasteiger charge is -2.31. The van der Waals surface area contributed by atoms with Crippen molar-refractivity contribution < 1.29 is 14.3 Å². The van der Waals surface area contributed by atoms with Gasteiger partial charge in [0.05, 0.1) is 6.61 Å². The maximum atomic E-state index is 12.9. The minimum Gasteiger partial charge on any atom is -0.450 e. The molecule has 0 spiro atoms. The average molecular weight is 470 g/mol. The molecule has 174 valence electrons. The third-order valence-electron chi connectivity index (χ3n) is 5.28. The summed E-state index contributed by atoms with van der Waals surface area (Å²) in [6.07, 6.45) is 2.36. The molecule has 1 aromatic carbocycles. The van der Waals surface area contributed by atoms with E-state index in [9.17, 15) is 19.6 Å². The minimum absolute atomic E-state index is 0.0915. The zero-order valence-corrected chi connectivity index (χ0v) is 19.5. The van der Waals surface area contributed by atoms with Crippen molar-refractivity contribution in [1.29, 1.82) is 5.26 Å². The average Bonchev–Trinajstić information content (AvgIpc) is 3.14. The number of para-hydroxylation sites is 1. The second-order valence-corrected chi connectivity index (χ2v) is 8.43. The highest BCUT2D eigenvalue weighted by molar-refractivity contribution is 7.07. The number of ether oxygens (including phenoxy) is 1. The summed E-state index contributed by atoms with van der Waals surface area (Å²) in [5.74, 6) is -0.516. The molecule has 10 heteroatoms. The second-order valence-electron chi connectivity index (χ2n) is 7.40. The van der Waals surface area contributed by atoms with Crippen LogP contribution in [0, 0.1) is 11.3 Å². The fourth-order valence-electron chi connectivity index (χ4n) is 3.55. The lowest BCUT2D eigenvalue weighted by Crippen LogP contribution is -2.47. The summed E-state index contributed by atoms with van der Waals surface area (Å²) in [4.78, 5) is 39.2. The molecule has 9 nitrogen and oxygen atoms in total. The lowest BCUT2D eigenvalue weighted by atomic mass is 10.0. The van der Waals surface area contributed by atoms with Crippen molar-refractivity contribution in [3.63, 3.8) is 0 Å². The summed E-state index contributed by atoms with van der Waals surface area (Å²) in [6, 6.07) is 11.2. The van der Waals surface area contributed by atoms with E-state index in [4.69, 9.17) is 4.74 Å². The van der Waals surface area contributed by atoms with Gasteiger partial charge in [-0.1, -0.05) is 18.2 Å². The molecular weight excluding hydrogens is 442 g/mol. The van der Waals surface area contributed by atoms with Crippen molar-refractivity contribution in [2.24, 2.45) is 0 Å². The Bertz CT molecular complexity index is 1200. The van der Waals surface area contributed by atoms with Crippen LogP contribution in [0.1, 0.15) is 26.7 Å². The van der Waals surface area contributed by atoms with E-state index in [2.05, 4.69) is 10.6 Å². The Morgan fingerprint density at radius 1 is 1.24 bits per heavy atom. The summed E-state index contributed by atoms with van der Waals surface area (Å²) in [5, 5.41) is 15.7. The first-order valence-electron chi connectivity index (χ1n) is 10.9. The van der Waals surface area contributed by atoms with Crippen molar-refractivity contribution in [3.05, 3.63) is 49.9 Å². The fraction of sp³-hybridized carbons (Fsp3) is 0.391. The largest absolute Gasteiger partial charge is 0.450 e. The highest BCUT2D eigenvalue weighted by Gasteiger charge is 2.26. The molecule has 1 aliphatic rings. The third-order valence-corrected chi connectivity index (χ3v) is 6.41. The first kappa shape index (κ1) is 24.1. The van der Waals surface area contributed by atoms with E-state index in [1.807, 2.05) is 36.4 Å². The number of anilines is 1. The Labute approximate surface area is 195 Å². The van der Waals surface area contributed by atoms with E-state index in [0.29, 0.717) is 48.3 Å². The number of likely N-dealkylation sites (tertiary alicyclic amines) is 1. The second kappa shape index (κ2) is 11.3. The van der Waals surface area contributed by atoms with Gasteiger partial charge in [0.2, 0.25) is 0 Å². The summed E-state index contributed by atoms with van der Waals surface area (Å²) in [7, 11) is 0. The van der Waals surface area contributed by atoms with Crippen molar-refractivity contribution >= 4 is 40.8 Å². The first-order valence-corrected chi connectivity index (χ1v) is 11.7. The summed E-state index contributed by atoms with van der Waals surface area (Å²) >= 11 is 1.11. The Balaban J connectivity index is 1.81. The molecule has 0 radical (unpaired) electrons. The maximum Gasteiger partial charge on any atom is 0.409 e. The number of nitrogens with one attached hydrogen (secondary N) is 2. The van der Waals surface area contributed by atoms with Crippen LogP contribution in [0.4, 0.5) is 10.5 Å². The van der Waals surface area contributed by atoms with Crippen LogP contribution < -0.4 is 25.4 Å². The van der Waals surface area contributed by atoms with Crippen LogP contribution in [0.25, 0.3) is 11.8 Å². The first-order chi connectivity index (χ1) is 16.0. The SMILES string of the molecule is CCOC(=O)N1CCC(NC(=O)/C(C#N)=c2\s/c(=C/Nc3ccccc3)c(=O)n2CC)CC1. The zero-order valence-electron chi connectivity index (χ0n) is 18.7. The highest BCUT2D eigenvalue weighted by atomic mass is 32.1. The van der Waals surface area contributed by atoms with E-state index >= 15 is 0 Å². The molecule has 3 rings (SSSR count). The molecule has 2 N–H and O–H groups in total. The van der Waals surface area contributed by atoms with Crippen LogP contribution in [0.15, 0.2) is 35.1 Å². The number of hydrogen-bond donors (Lipinski definition) is 2. The van der Waals surface area contributed by atoms with Gasteiger partial charge < -0.3 is 20.3 Å². The Kier molecular flexibility index (Phi) is 8.27. The Morgan fingerprint density at radius 3 is 2.55 bits per heavy atom. The van der Waals surface area contributed by atoms with Crippen LogP contribution in [0.5, 0.6) is 0 Å². The van der Waals surface area contributed by atoms with Gasteiger partial charge >= 0.3 is 6.09 Å². The molecule has 2 amide bonds. The third kappa shape index (κ3) is 5.81. The monoisotopic (exact) mass is 469 g/mol. The van der Waals surface area contributed by atoms with E-state index in [1.165, 1.54) is 4.57 Å². The minimum atomic E-state index is -0.516. The molecule has 1 aliphatic heterocycles. The molecule has 2 heterocycles. The van der Waals surface area contributed by atoms with Crippen molar-refractivity contribution in [2.75, 3.05) is 25.0 Å². The summed E-state index contributed by atoms with van der Waals surface area (Å²) < 4.78 is 7.18. The van der Waals surface area contributed by atoms with Crippen LogP contribution in [-0.2, 0) is 16.1 Å². The van der Waals surface area contributed by atoms with Gasteiger partial charge in [-0.25, -0.2) is 4.79 Å². The number of piperidine rings is 1. The maximum absolute atomic E-state index is 12.9. The molecule has 0 bridgehead atoms. The number of nitriles is 1. The molecule has 1 saturated heterocycles. The molecular formula is C23H27N5O4S. The molecule has 1 fully saturated rings. The van der Waals surface area contributed by atoms with Crippen molar-refractivity contribution in [2.45, 2.75) is 39.3 Å². The molecule has 1 aromatic heterocycles. The quantitative estimate of drug-likeness (QED) is 0.657. The van der Waals surface area contributed by atoms with E-state index in [1.54, 1.807) is 24.9 Å². The summed E-state index contributed by atoms with van der Waals surface area (Å²) in [5.41, 5.74) is 0.474. The predicted octanol–water partition coefficient (Wildman–Crippen LogP) is 1.19. The Hall–Kier alpha value is -3.58. The number of benzene rings is 1. The highest BCUT2D eigenvalue weighted by Crippen LogP contribution is 2.12. The molecule has 0 aliphatic carbocycles. The molecule has 0 saturated carbocycles. The van der Waals surface area contributed by atoms with Crippen molar-refractivity contribution in [1.82, 2.24) is 14.8 Å². The molecule has 33 heavy (non-hydrogen) atoms. The van der Waals surface area contributed by atoms with Gasteiger partial charge in [0.15, 0.2) is 5.57 Å². The zero-order chi connectivity index (χ0) is 23.8. The topological polar surface area (TPSA) is 116 Å². The van der Waals surface area contributed by atoms with Crippen LogP contribution >= 0.6 is 11.3 Å². The van der Waals surface area contributed by atoms with Crippen LogP contribution in [0.2, 0.25) is 0 Å². The number of carbonyl (C=O) groups excluding carboxylic acids is 2. The van der Waals surface area contributed by atoms with Gasteiger partial charge in [-0.2, -0.15) is 5.26 Å². The Morgan fingerprint density at radius 2 is 1.94 bits per heavy atom. The number of thiazole rings is 1. The van der Waals surface area contributed by atoms with Gasteiger partial charge in [-0.15, -0.1) is 11.3 Å². The van der Waals surface area contributed by atoms with E-state index in [-0.39, 0.29) is 23.3 Å². The van der Waals surface area contributed by atoms with E-state index < -0.39 is 5.91 Å². The number of carbonyl (C=O) groups is 2. The number of aromatic nitrogens is 1. The smallest absolute Gasteiger partial charge is 0.409 e. The standard InChI is InChI=1S/C23H27N5O4S/c1-3-28-21(30)19(15-25-16-8-6-5-7-9-16)33-22(28)18(14-24)20(29)26-17-10-12-27(13-11-17)23(31)32-4-2/h5-9,15,17,25H,3-4,10-13H2,1-2H3,(H,26,29)/b19-15+,22-18-. The molecule has 2 aromatic rings. The number of rotatable bonds is 6. The van der Waals surface area contributed by atoms with E-state index in [0.717, 1.165) is 17.0 Å². The van der Waals surface area contributed by atoms with Crippen molar-refractivity contribution in [3.8, 4) is 6.07 Å². The van der Waals surface area contributed by atoms with Gasteiger partial charge in [-0.3, -0.25) is 14.2 Å². The predicted molar refractivity (Wildman–Crippen MR) is 127 cm³/mol.